The van der Waals surface area contributed by atoms with Gasteiger partial charge in [0.1, 0.15) is 6.04 Å². The monoisotopic (exact) mass is 371 g/mol. The van der Waals surface area contributed by atoms with Gasteiger partial charge < -0.3 is 9.73 Å². The highest BCUT2D eigenvalue weighted by Gasteiger charge is 2.23. The second-order valence-corrected chi connectivity index (χ2v) is 7.76. The summed E-state index contributed by atoms with van der Waals surface area (Å²) >= 11 is 1.55. The number of thiazole rings is 1. The quantitative estimate of drug-likeness (QED) is 0.757. The second-order valence-electron chi connectivity index (χ2n) is 6.67. The van der Waals surface area contributed by atoms with E-state index in [2.05, 4.69) is 10.3 Å². The number of carbonyl (C=O) groups is 1. The van der Waals surface area contributed by atoms with E-state index in [1.807, 2.05) is 6.07 Å². The van der Waals surface area contributed by atoms with Crippen molar-refractivity contribution in [3.05, 3.63) is 45.4 Å². The molecule has 0 radical (unpaired) electrons. The normalized spacial score (nSPS) is 15.9. The molecule has 0 fully saturated rings. The number of rotatable bonds is 3. The van der Waals surface area contributed by atoms with Crippen molar-refractivity contribution in [3.63, 3.8) is 0 Å². The first-order valence-electron chi connectivity index (χ1n) is 9.03. The number of hydrogen-bond acceptors (Lipinski definition) is 5. The number of nitrogens with zero attached hydrogens (tertiary/aromatic N) is 2. The lowest BCUT2D eigenvalue weighted by molar-refractivity contribution is -0.118. The Morgan fingerprint density at radius 1 is 1.23 bits per heavy atom. The SMILES string of the molecule is CC(C(=O)Nc1nc2c(s1)CCCCCC2)n1c(=O)oc2ccccc21. The summed E-state index contributed by atoms with van der Waals surface area (Å²) in [6.07, 6.45) is 6.83. The van der Waals surface area contributed by atoms with E-state index >= 15 is 0 Å². The summed E-state index contributed by atoms with van der Waals surface area (Å²) in [5.41, 5.74) is 2.21. The van der Waals surface area contributed by atoms with Crippen LogP contribution in [0.3, 0.4) is 0 Å². The lowest BCUT2D eigenvalue weighted by Gasteiger charge is -2.11. The first-order chi connectivity index (χ1) is 12.6. The van der Waals surface area contributed by atoms with E-state index in [1.165, 1.54) is 28.7 Å². The van der Waals surface area contributed by atoms with Gasteiger partial charge in [0.05, 0.1) is 11.2 Å². The molecule has 1 aliphatic rings. The molecule has 0 aliphatic heterocycles. The van der Waals surface area contributed by atoms with E-state index in [0.29, 0.717) is 16.2 Å². The number of nitrogens with one attached hydrogen (secondary N) is 1. The van der Waals surface area contributed by atoms with Crippen LogP contribution in [0.15, 0.2) is 33.5 Å². The number of carbonyl (C=O) groups excluding carboxylic acids is 1. The third-order valence-electron chi connectivity index (χ3n) is 4.86. The maximum absolute atomic E-state index is 12.7. The minimum absolute atomic E-state index is 0.264. The zero-order valence-corrected chi connectivity index (χ0v) is 15.5. The van der Waals surface area contributed by atoms with E-state index in [4.69, 9.17) is 4.42 Å². The van der Waals surface area contributed by atoms with E-state index in [1.54, 1.807) is 36.5 Å². The third kappa shape index (κ3) is 3.19. The van der Waals surface area contributed by atoms with Crippen molar-refractivity contribution < 1.29 is 9.21 Å². The molecule has 1 atom stereocenters. The smallest absolute Gasteiger partial charge is 0.408 e. The van der Waals surface area contributed by atoms with Crippen LogP contribution in [-0.4, -0.2) is 15.5 Å². The van der Waals surface area contributed by atoms with Gasteiger partial charge in [0, 0.05) is 4.88 Å². The minimum Gasteiger partial charge on any atom is -0.408 e. The summed E-state index contributed by atoms with van der Waals surface area (Å²) in [6, 6.07) is 6.43. The lowest BCUT2D eigenvalue weighted by atomic mass is 10.0. The second kappa shape index (κ2) is 7.07. The van der Waals surface area contributed by atoms with E-state index in [0.717, 1.165) is 25.0 Å². The Hall–Kier alpha value is -2.41. The Labute approximate surface area is 154 Å². The van der Waals surface area contributed by atoms with Crippen LogP contribution in [0.5, 0.6) is 0 Å². The fraction of sp³-hybridized carbons (Fsp3) is 0.421. The van der Waals surface area contributed by atoms with Crippen molar-refractivity contribution >= 4 is 33.5 Å². The van der Waals surface area contributed by atoms with Crippen molar-refractivity contribution in [1.29, 1.82) is 0 Å². The Morgan fingerprint density at radius 2 is 2.00 bits per heavy atom. The number of anilines is 1. The number of hydrogen-bond donors (Lipinski definition) is 1. The van der Waals surface area contributed by atoms with Gasteiger partial charge in [0.2, 0.25) is 5.91 Å². The van der Waals surface area contributed by atoms with Crippen LogP contribution < -0.4 is 11.1 Å². The average molecular weight is 371 g/mol. The molecule has 0 bridgehead atoms. The van der Waals surface area contributed by atoms with Crippen LogP contribution in [0.2, 0.25) is 0 Å². The predicted octanol–water partition coefficient (Wildman–Crippen LogP) is 3.91. The summed E-state index contributed by atoms with van der Waals surface area (Å²) in [5.74, 6) is -0.791. The highest BCUT2D eigenvalue weighted by atomic mass is 32.1. The van der Waals surface area contributed by atoms with Gasteiger partial charge in [-0.2, -0.15) is 0 Å². The van der Waals surface area contributed by atoms with Gasteiger partial charge in [-0.15, -0.1) is 11.3 Å². The van der Waals surface area contributed by atoms with Crippen LogP contribution in [0.4, 0.5) is 5.13 Å². The standard InChI is InChI=1S/C19H21N3O3S/c1-12(22-14-9-6-7-10-15(14)25-19(22)24)17(23)21-18-20-13-8-4-2-3-5-11-16(13)26-18/h6-7,9-10,12H,2-5,8,11H2,1H3,(H,20,21,23). The average Bonchev–Trinajstić information content (AvgIpc) is 3.13. The maximum atomic E-state index is 12.7. The minimum atomic E-state index is -0.683. The van der Waals surface area contributed by atoms with Crippen LogP contribution >= 0.6 is 11.3 Å². The number of aromatic nitrogens is 2. The van der Waals surface area contributed by atoms with Crippen molar-refractivity contribution in [3.8, 4) is 0 Å². The molecule has 26 heavy (non-hydrogen) atoms. The molecule has 2 heterocycles. The summed E-state index contributed by atoms with van der Waals surface area (Å²) in [7, 11) is 0. The zero-order valence-electron chi connectivity index (χ0n) is 14.7. The molecule has 1 N–H and O–H groups in total. The fourth-order valence-corrected chi connectivity index (χ4v) is 4.49. The van der Waals surface area contributed by atoms with Gasteiger partial charge in [0.25, 0.3) is 0 Å². The number of fused-ring (bicyclic) bond motifs is 2. The van der Waals surface area contributed by atoms with Gasteiger partial charge in [-0.1, -0.05) is 25.0 Å². The molecule has 7 heteroatoms. The number of aryl methyl sites for hydroxylation is 2. The molecule has 1 aromatic carbocycles. The van der Waals surface area contributed by atoms with E-state index in [-0.39, 0.29) is 5.91 Å². The number of benzene rings is 1. The Bertz CT molecular complexity index is 976. The predicted molar refractivity (Wildman–Crippen MR) is 102 cm³/mol. The first kappa shape index (κ1) is 17.0. The molecule has 2 aromatic heterocycles. The van der Waals surface area contributed by atoms with Crippen molar-refractivity contribution in [1.82, 2.24) is 9.55 Å². The third-order valence-corrected chi connectivity index (χ3v) is 5.93. The molecule has 4 rings (SSSR count). The Kier molecular flexibility index (Phi) is 4.63. The largest absolute Gasteiger partial charge is 0.420 e. The van der Waals surface area contributed by atoms with Crippen LogP contribution in [0, 0.1) is 0 Å². The number of amides is 1. The molecule has 0 spiro atoms. The molecule has 136 valence electrons. The maximum Gasteiger partial charge on any atom is 0.420 e. The lowest BCUT2D eigenvalue weighted by Crippen LogP contribution is -2.29. The van der Waals surface area contributed by atoms with Gasteiger partial charge in [-0.05, 0) is 44.7 Å². The zero-order chi connectivity index (χ0) is 18.1. The summed E-state index contributed by atoms with van der Waals surface area (Å²) < 4.78 is 6.61. The van der Waals surface area contributed by atoms with Gasteiger partial charge in [0.15, 0.2) is 10.7 Å². The highest BCUT2D eigenvalue weighted by Crippen LogP contribution is 2.29. The molecule has 0 saturated heterocycles. The summed E-state index contributed by atoms with van der Waals surface area (Å²) in [4.78, 5) is 30.8. The Balaban J connectivity index is 1.57. The van der Waals surface area contributed by atoms with Crippen LogP contribution in [-0.2, 0) is 17.6 Å². The van der Waals surface area contributed by atoms with Crippen molar-refractivity contribution in [2.24, 2.45) is 0 Å². The van der Waals surface area contributed by atoms with Crippen molar-refractivity contribution in [2.45, 2.75) is 51.5 Å². The molecule has 3 aromatic rings. The topological polar surface area (TPSA) is 77.1 Å². The molecule has 1 unspecified atom stereocenters. The first-order valence-corrected chi connectivity index (χ1v) is 9.84. The van der Waals surface area contributed by atoms with Crippen molar-refractivity contribution in [2.75, 3.05) is 5.32 Å². The summed E-state index contributed by atoms with van der Waals surface area (Å²) in [5, 5.41) is 3.51. The van der Waals surface area contributed by atoms with Crippen LogP contribution in [0.1, 0.15) is 49.2 Å². The molecule has 6 nitrogen and oxygen atoms in total. The molecule has 1 aliphatic carbocycles. The van der Waals surface area contributed by atoms with Crippen LogP contribution in [0.25, 0.3) is 11.1 Å². The highest BCUT2D eigenvalue weighted by molar-refractivity contribution is 7.15. The Morgan fingerprint density at radius 3 is 2.85 bits per heavy atom. The molecular weight excluding hydrogens is 350 g/mol. The molecule has 1 amide bonds. The number of oxazole rings is 1. The number of para-hydroxylation sites is 2. The summed E-state index contributed by atoms with van der Waals surface area (Å²) in [6.45, 7) is 1.70. The molecule has 0 saturated carbocycles. The molecular formula is C19H21N3O3S. The van der Waals surface area contributed by atoms with Gasteiger partial charge in [-0.3, -0.25) is 9.36 Å². The van der Waals surface area contributed by atoms with E-state index in [9.17, 15) is 9.59 Å². The van der Waals surface area contributed by atoms with Gasteiger partial charge >= 0.3 is 5.76 Å². The van der Waals surface area contributed by atoms with Gasteiger partial charge in [-0.25, -0.2) is 9.78 Å². The fourth-order valence-electron chi connectivity index (χ4n) is 3.44. The van der Waals surface area contributed by atoms with E-state index < -0.39 is 11.8 Å².